The van der Waals surface area contributed by atoms with Gasteiger partial charge in [-0.2, -0.15) is 0 Å². The second-order valence-corrected chi connectivity index (χ2v) is 5.88. The Hall–Kier alpha value is -1.59. The van der Waals surface area contributed by atoms with Crippen molar-refractivity contribution in [2.75, 3.05) is 11.1 Å². The van der Waals surface area contributed by atoms with Gasteiger partial charge in [0.25, 0.3) is 0 Å². The number of carbonyl (C=O) groups excluding carboxylic acids is 1. The van der Waals surface area contributed by atoms with Crippen molar-refractivity contribution < 1.29 is 4.79 Å². The minimum absolute atomic E-state index is 0.190. The largest absolute Gasteiger partial charge is 0.399 e. The molecule has 0 aromatic heterocycles. The van der Waals surface area contributed by atoms with Crippen LogP contribution in [-0.2, 0) is 4.79 Å². The minimum Gasteiger partial charge on any atom is -0.399 e. The van der Waals surface area contributed by atoms with Crippen molar-refractivity contribution in [3.05, 3.63) is 63.0 Å². The second kappa shape index (κ2) is 6.72. The summed E-state index contributed by atoms with van der Waals surface area (Å²) in [4.78, 5) is 11.8. The van der Waals surface area contributed by atoms with Gasteiger partial charge in [0.1, 0.15) is 0 Å². The molecular formula is C15H12Br2N2O. The van der Waals surface area contributed by atoms with Gasteiger partial charge in [-0.25, -0.2) is 0 Å². The zero-order chi connectivity index (χ0) is 14.5. The highest BCUT2D eigenvalue weighted by Crippen LogP contribution is 2.26. The maximum atomic E-state index is 11.8. The highest BCUT2D eigenvalue weighted by molar-refractivity contribution is 9.11. The fourth-order valence-corrected chi connectivity index (χ4v) is 2.69. The smallest absolute Gasteiger partial charge is 0.248 e. The Bertz CT molecular complexity index is 651. The molecule has 2 aromatic rings. The van der Waals surface area contributed by atoms with E-state index in [1.54, 1.807) is 18.2 Å². The molecule has 2 aromatic carbocycles. The molecule has 0 fully saturated rings. The summed E-state index contributed by atoms with van der Waals surface area (Å²) in [5.41, 5.74) is 7.94. The van der Waals surface area contributed by atoms with Gasteiger partial charge in [0, 0.05) is 20.7 Å². The molecule has 1 amide bonds. The van der Waals surface area contributed by atoms with Crippen LogP contribution in [0.3, 0.4) is 0 Å². The Morgan fingerprint density at radius 3 is 2.45 bits per heavy atom. The number of anilines is 2. The van der Waals surface area contributed by atoms with Crippen LogP contribution in [0.25, 0.3) is 6.08 Å². The van der Waals surface area contributed by atoms with Crippen LogP contribution >= 0.6 is 31.9 Å². The molecule has 0 radical (unpaired) electrons. The van der Waals surface area contributed by atoms with E-state index in [9.17, 15) is 4.79 Å². The lowest BCUT2D eigenvalue weighted by molar-refractivity contribution is -0.111. The topological polar surface area (TPSA) is 55.1 Å². The molecule has 0 saturated heterocycles. The van der Waals surface area contributed by atoms with Crippen LogP contribution in [0.4, 0.5) is 11.4 Å². The van der Waals surface area contributed by atoms with E-state index in [1.807, 2.05) is 30.3 Å². The summed E-state index contributed by atoms with van der Waals surface area (Å²) in [5, 5.41) is 2.80. The Morgan fingerprint density at radius 1 is 1.10 bits per heavy atom. The van der Waals surface area contributed by atoms with Gasteiger partial charge < -0.3 is 11.1 Å². The van der Waals surface area contributed by atoms with E-state index < -0.39 is 0 Å². The number of nitrogens with one attached hydrogen (secondary N) is 1. The number of hydrogen-bond acceptors (Lipinski definition) is 2. The van der Waals surface area contributed by atoms with Crippen LogP contribution < -0.4 is 11.1 Å². The first-order chi connectivity index (χ1) is 9.54. The molecule has 2 rings (SSSR count). The lowest BCUT2D eigenvalue weighted by Crippen LogP contribution is -2.08. The molecule has 0 aliphatic heterocycles. The first kappa shape index (κ1) is 14.8. The minimum atomic E-state index is -0.190. The molecule has 0 bridgehead atoms. The van der Waals surface area contributed by atoms with Crippen LogP contribution in [-0.4, -0.2) is 5.91 Å². The molecule has 0 spiro atoms. The standard InChI is InChI=1S/C15H12Br2N2O/c16-11-4-7-14(13(17)9-11)19-15(20)8-3-10-1-5-12(18)6-2-10/h1-9H,18H2,(H,19,20)/b8-3+. The predicted octanol–water partition coefficient (Wildman–Crippen LogP) is 4.45. The first-order valence-corrected chi connectivity index (χ1v) is 7.43. The van der Waals surface area contributed by atoms with Crippen molar-refractivity contribution >= 4 is 55.2 Å². The molecule has 5 heteroatoms. The Balaban J connectivity index is 2.03. The number of rotatable bonds is 3. The Labute approximate surface area is 134 Å². The van der Waals surface area contributed by atoms with Gasteiger partial charge in [-0.15, -0.1) is 0 Å². The summed E-state index contributed by atoms with van der Waals surface area (Å²) in [5.74, 6) is -0.190. The molecule has 0 atom stereocenters. The molecule has 0 saturated carbocycles. The third kappa shape index (κ3) is 4.21. The molecular weight excluding hydrogens is 384 g/mol. The molecule has 20 heavy (non-hydrogen) atoms. The highest BCUT2D eigenvalue weighted by Gasteiger charge is 2.03. The number of carbonyl (C=O) groups is 1. The SMILES string of the molecule is Nc1ccc(/C=C/C(=O)Nc2ccc(Br)cc2Br)cc1. The number of amides is 1. The fraction of sp³-hybridized carbons (Fsp3) is 0. The summed E-state index contributed by atoms with van der Waals surface area (Å²) in [6.45, 7) is 0. The maximum Gasteiger partial charge on any atom is 0.248 e. The molecule has 102 valence electrons. The van der Waals surface area contributed by atoms with Gasteiger partial charge in [-0.05, 0) is 57.9 Å². The van der Waals surface area contributed by atoms with Crippen LogP contribution in [0.5, 0.6) is 0 Å². The average Bonchev–Trinajstić information content (AvgIpc) is 2.41. The summed E-state index contributed by atoms with van der Waals surface area (Å²) >= 11 is 6.76. The number of hydrogen-bond donors (Lipinski definition) is 2. The van der Waals surface area contributed by atoms with E-state index in [0.29, 0.717) is 5.69 Å². The molecule has 0 unspecified atom stereocenters. The van der Waals surface area contributed by atoms with Crippen LogP contribution in [0, 0.1) is 0 Å². The Kier molecular flexibility index (Phi) is 4.98. The van der Waals surface area contributed by atoms with Crippen molar-refractivity contribution in [2.24, 2.45) is 0 Å². The van der Waals surface area contributed by atoms with Gasteiger partial charge in [-0.1, -0.05) is 28.1 Å². The zero-order valence-electron chi connectivity index (χ0n) is 10.4. The van der Waals surface area contributed by atoms with Gasteiger partial charge in [0.15, 0.2) is 0 Å². The first-order valence-electron chi connectivity index (χ1n) is 5.84. The van der Waals surface area contributed by atoms with Crippen LogP contribution in [0.2, 0.25) is 0 Å². The average molecular weight is 396 g/mol. The Morgan fingerprint density at radius 2 is 1.80 bits per heavy atom. The maximum absolute atomic E-state index is 11.8. The number of benzene rings is 2. The number of nitrogens with two attached hydrogens (primary N) is 1. The molecule has 0 heterocycles. The van der Waals surface area contributed by atoms with Crippen molar-refractivity contribution in [2.45, 2.75) is 0 Å². The third-order valence-electron chi connectivity index (χ3n) is 2.55. The van der Waals surface area contributed by atoms with Crippen LogP contribution in [0.1, 0.15) is 5.56 Å². The van der Waals surface area contributed by atoms with Gasteiger partial charge in [0.05, 0.1) is 5.69 Å². The van der Waals surface area contributed by atoms with E-state index in [1.165, 1.54) is 6.08 Å². The third-order valence-corrected chi connectivity index (χ3v) is 3.70. The summed E-state index contributed by atoms with van der Waals surface area (Å²) in [7, 11) is 0. The van der Waals surface area contributed by atoms with E-state index in [4.69, 9.17) is 5.73 Å². The normalized spacial score (nSPS) is 10.7. The zero-order valence-corrected chi connectivity index (χ0v) is 13.6. The second-order valence-electron chi connectivity index (χ2n) is 4.11. The van der Waals surface area contributed by atoms with E-state index >= 15 is 0 Å². The van der Waals surface area contributed by atoms with E-state index in [2.05, 4.69) is 37.2 Å². The van der Waals surface area contributed by atoms with E-state index in [-0.39, 0.29) is 5.91 Å². The molecule has 0 aliphatic carbocycles. The lowest BCUT2D eigenvalue weighted by Gasteiger charge is -2.05. The van der Waals surface area contributed by atoms with Gasteiger partial charge in [-0.3, -0.25) is 4.79 Å². The van der Waals surface area contributed by atoms with Crippen molar-refractivity contribution in [1.29, 1.82) is 0 Å². The van der Waals surface area contributed by atoms with E-state index in [0.717, 1.165) is 20.2 Å². The summed E-state index contributed by atoms with van der Waals surface area (Å²) < 4.78 is 1.76. The highest BCUT2D eigenvalue weighted by atomic mass is 79.9. The quantitative estimate of drug-likeness (QED) is 0.595. The van der Waals surface area contributed by atoms with Crippen LogP contribution in [0.15, 0.2) is 57.5 Å². The van der Waals surface area contributed by atoms with Crippen molar-refractivity contribution in [1.82, 2.24) is 0 Å². The summed E-state index contributed by atoms with van der Waals surface area (Å²) in [6, 6.07) is 12.9. The summed E-state index contributed by atoms with van der Waals surface area (Å²) in [6.07, 6.45) is 3.22. The molecule has 0 aliphatic rings. The number of halogens is 2. The lowest BCUT2D eigenvalue weighted by atomic mass is 10.2. The number of nitrogen functional groups attached to an aromatic ring is 1. The van der Waals surface area contributed by atoms with Gasteiger partial charge in [0.2, 0.25) is 5.91 Å². The predicted molar refractivity (Wildman–Crippen MR) is 90.4 cm³/mol. The molecule has 3 N–H and O–H groups in total. The van der Waals surface area contributed by atoms with Crippen molar-refractivity contribution in [3.8, 4) is 0 Å². The fourth-order valence-electron chi connectivity index (χ4n) is 1.54. The van der Waals surface area contributed by atoms with Crippen molar-refractivity contribution in [3.63, 3.8) is 0 Å². The molecule has 3 nitrogen and oxygen atoms in total. The monoisotopic (exact) mass is 394 g/mol. The van der Waals surface area contributed by atoms with Gasteiger partial charge >= 0.3 is 0 Å².